The van der Waals surface area contributed by atoms with Gasteiger partial charge in [-0.15, -0.1) is 0 Å². The van der Waals surface area contributed by atoms with Gasteiger partial charge in [-0.25, -0.2) is 4.98 Å². The minimum absolute atomic E-state index is 0.0801. The molecule has 0 bridgehead atoms. The molecule has 5 nitrogen and oxygen atoms in total. The van der Waals surface area contributed by atoms with Crippen LogP contribution in [0.1, 0.15) is 58.8 Å². The van der Waals surface area contributed by atoms with E-state index in [0.29, 0.717) is 23.3 Å². The Bertz CT molecular complexity index is 829. The maximum absolute atomic E-state index is 12.7. The molecule has 0 spiro atoms. The molecule has 0 radical (unpaired) electrons. The molecular weight excluding hydrogens is 411 g/mol. The highest BCUT2D eigenvalue weighted by atomic mass is 32.1. The second-order valence-electron chi connectivity index (χ2n) is 9.49. The number of aromatic nitrogens is 2. The highest BCUT2D eigenvalue weighted by Crippen LogP contribution is 2.31. The minimum Gasteiger partial charge on any atom is -0.330 e. The fourth-order valence-electron chi connectivity index (χ4n) is 4.43. The number of piperidine rings is 1. The van der Waals surface area contributed by atoms with Crippen molar-refractivity contribution in [1.29, 1.82) is 0 Å². The summed E-state index contributed by atoms with van der Waals surface area (Å²) in [5, 5.41) is 11.0. The molecule has 2 aromatic rings. The highest BCUT2D eigenvalue weighted by molar-refractivity contribution is 7.09. The summed E-state index contributed by atoms with van der Waals surface area (Å²) >= 11 is 1.21. The number of nitrogens with one attached hydrogen (secondary N) is 3. The molecule has 0 aliphatic carbocycles. The molecule has 1 aromatic heterocycles. The largest absolute Gasteiger partial charge is 0.416 e. The lowest BCUT2D eigenvalue weighted by Crippen LogP contribution is -2.62. The molecule has 9 heteroatoms. The van der Waals surface area contributed by atoms with Crippen molar-refractivity contribution >= 4 is 22.4 Å². The molecule has 1 unspecified atom stereocenters. The predicted molar refractivity (Wildman–Crippen MR) is 115 cm³/mol. The number of rotatable bonds is 6. The lowest BCUT2D eigenvalue weighted by Gasteiger charge is -2.47. The number of alkyl halides is 3. The van der Waals surface area contributed by atoms with Gasteiger partial charge in [-0.2, -0.15) is 17.5 Å². The van der Waals surface area contributed by atoms with Crippen molar-refractivity contribution in [1.82, 2.24) is 20.0 Å². The first kappa shape index (κ1) is 23.0. The number of hydrogen-bond acceptors (Lipinski definition) is 6. The van der Waals surface area contributed by atoms with Crippen LogP contribution in [0.4, 0.5) is 24.0 Å². The van der Waals surface area contributed by atoms with Crippen LogP contribution in [0.2, 0.25) is 0 Å². The van der Waals surface area contributed by atoms with Gasteiger partial charge in [-0.05, 0) is 71.7 Å². The zero-order valence-corrected chi connectivity index (χ0v) is 18.8. The number of nitrogens with zero attached hydrogens (tertiary/aromatic N) is 2. The van der Waals surface area contributed by atoms with Gasteiger partial charge < -0.3 is 16.0 Å². The van der Waals surface area contributed by atoms with E-state index in [2.05, 4.69) is 59.9 Å². The Balaban J connectivity index is 1.55. The smallest absolute Gasteiger partial charge is 0.330 e. The van der Waals surface area contributed by atoms with Gasteiger partial charge in [0, 0.05) is 46.8 Å². The van der Waals surface area contributed by atoms with E-state index in [1.54, 1.807) is 0 Å². The van der Waals surface area contributed by atoms with E-state index in [4.69, 9.17) is 0 Å². The molecule has 3 N–H and O–H groups in total. The lowest BCUT2D eigenvalue weighted by molar-refractivity contribution is -0.137. The molecule has 0 amide bonds. The van der Waals surface area contributed by atoms with Gasteiger partial charge in [-0.1, -0.05) is 0 Å². The molecule has 1 atom stereocenters. The fraction of sp³-hybridized carbons (Fsp3) is 0.619. The van der Waals surface area contributed by atoms with Gasteiger partial charge in [0.1, 0.15) is 5.82 Å². The summed E-state index contributed by atoms with van der Waals surface area (Å²) in [6.07, 6.45) is -1.55. The molecule has 1 aliphatic rings. The van der Waals surface area contributed by atoms with E-state index in [0.717, 1.165) is 30.8 Å². The predicted octanol–water partition coefficient (Wildman–Crippen LogP) is 5.13. The second-order valence-corrected chi connectivity index (χ2v) is 10.2. The van der Waals surface area contributed by atoms with Crippen LogP contribution >= 0.6 is 11.5 Å². The average molecular weight is 442 g/mol. The normalized spacial score (nSPS) is 20.1. The first-order valence-corrected chi connectivity index (χ1v) is 10.9. The van der Waals surface area contributed by atoms with Crippen LogP contribution in [0.3, 0.4) is 0 Å². The molecule has 1 fully saturated rings. The topological polar surface area (TPSA) is 61.9 Å². The number of hydrogen-bond donors (Lipinski definition) is 3. The molecule has 166 valence electrons. The van der Waals surface area contributed by atoms with Crippen molar-refractivity contribution in [3.8, 4) is 0 Å². The summed E-state index contributed by atoms with van der Waals surface area (Å²) in [4.78, 5) is 4.49. The molecule has 0 saturated carbocycles. The summed E-state index contributed by atoms with van der Waals surface area (Å²) < 4.78 is 42.4. The van der Waals surface area contributed by atoms with Crippen molar-refractivity contribution < 1.29 is 13.2 Å². The summed E-state index contributed by atoms with van der Waals surface area (Å²) in [5.74, 6) is 0.724. The molecular formula is C21H30F3N5S. The van der Waals surface area contributed by atoms with Crippen LogP contribution in [-0.4, -0.2) is 32.5 Å². The van der Waals surface area contributed by atoms with Crippen LogP contribution in [0.25, 0.3) is 0 Å². The summed E-state index contributed by atoms with van der Waals surface area (Å²) in [6.45, 7) is 11.1. The molecule has 1 aliphatic heterocycles. The van der Waals surface area contributed by atoms with Crippen molar-refractivity contribution in [3.05, 3.63) is 35.7 Å². The quantitative estimate of drug-likeness (QED) is 0.580. The van der Waals surface area contributed by atoms with Gasteiger partial charge in [0.2, 0.25) is 5.13 Å². The van der Waals surface area contributed by atoms with Gasteiger partial charge in [0.05, 0.1) is 5.56 Å². The molecule has 2 heterocycles. The third-order valence-corrected chi connectivity index (χ3v) is 5.80. The van der Waals surface area contributed by atoms with E-state index in [1.807, 2.05) is 0 Å². The fourth-order valence-corrected chi connectivity index (χ4v) is 5.05. The van der Waals surface area contributed by atoms with E-state index < -0.39 is 11.7 Å². The van der Waals surface area contributed by atoms with Crippen molar-refractivity contribution in [2.45, 2.75) is 83.2 Å². The van der Waals surface area contributed by atoms with Crippen molar-refractivity contribution in [2.24, 2.45) is 0 Å². The Morgan fingerprint density at radius 3 is 2.30 bits per heavy atom. The maximum atomic E-state index is 12.7. The van der Waals surface area contributed by atoms with E-state index in [1.165, 1.54) is 23.7 Å². The van der Waals surface area contributed by atoms with Crippen LogP contribution < -0.4 is 16.0 Å². The third-order valence-electron chi connectivity index (χ3n) is 5.13. The van der Waals surface area contributed by atoms with Gasteiger partial charge in [-0.3, -0.25) is 0 Å². The average Bonchev–Trinajstić information content (AvgIpc) is 2.98. The zero-order chi connectivity index (χ0) is 22.2. The summed E-state index contributed by atoms with van der Waals surface area (Å²) in [6, 6.07) is 5.53. The second kappa shape index (κ2) is 8.43. The number of halogens is 3. The molecule has 1 aromatic carbocycles. The van der Waals surface area contributed by atoms with Crippen LogP contribution in [0.15, 0.2) is 24.3 Å². The van der Waals surface area contributed by atoms with Crippen molar-refractivity contribution in [2.75, 3.05) is 5.32 Å². The molecule has 30 heavy (non-hydrogen) atoms. The van der Waals surface area contributed by atoms with Gasteiger partial charge in [0.25, 0.3) is 0 Å². The first-order chi connectivity index (χ1) is 13.8. The van der Waals surface area contributed by atoms with Crippen LogP contribution in [0.5, 0.6) is 0 Å². The Kier molecular flexibility index (Phi) is 6.46. The van der Waals surface area contributed by atoms with Crippen LogP contribution in [-0.2, 0) is 12.6 Å². The van der Waals surface area contributed by atoms with E-state index >= 15 is 0 Å². The van der Waals surface area contributed by atoms with E-state index in [9.17, 15) is 13.2 Å². The van der Waals surface area contributed by atoms with Gasteiger partial charge >= 0.3 is 6.18 Å². The number of benzene rings is 1. The lowest BCUT2D eigenvalue weighted by atomic mass is 9.79. The third kappa shape index (κ3) is 6.39. The Hall–Kier alpha value is -1.71. The zero-order valence-electron chi connectivity index (χ0n) is 18.0. The number of anilines is 2. The summed E-state index contributed by atoms with van der Waals surface area (Å²) in [5.41, 5.74) is 0.0410. The minimum atomic E-state index is -4.34. The Morgan fingerprint density at radius 1 is 1.13 bits per heavy atom. The SMILES string of the molecule is CC(Cc1nsc(Nc2ccc(C(F)(F)F)cc2)n1)NC1CC(C)(C)NC(C)(C)C1. The van der Waals surface area contributed by atoms with Gasteiger partial charge in [0.15, 0.2) is 0 Å². The Labute approximate surface area is 180 Å². The maximum Gasteiger partial charge on any atom is 0.416 e. The monoisotopic (exact) mass is 441 g/mol. The first-order valence-electron chi connectivity index (χ1n) is 10.1. The van der Waals surface area contributed by atoms with Crippen LogP contribution in [0, 0.1) is 0 Å². The summed E-state index contributed by atoms with van der Waals surface area (Å²) in [7, 11) is 0. The Morgan fingerprint density at radius 2 is 1.73 bits per heavy atom. The molecule has 3 rings (SSSR count). The standard InChI is InChI=1S/C21H30F3N5S/c1-13(25-16-11-19(2,3)29-20(4,5)12-16)10-17-27-18(30-28-17)26-15-8-6-14(7-9-15)21(22,23)24/h6-9,13,16,25,29H,10-12H2,1-5H3,(H,26,27,28). The van der Waals surface area contributed by atoms with Crippen molar-refractivity contribution in [3.63, 3.8) is 0 Å². The molecule has 1 saturated heterocycles. The van der Waals surface area contributed by atoms with E-state index in [-0.39, 0.29) is 17.1 Å². The highest BCUT2D eigenvalue weighted by Gasteiger charge is 2.37.